The van der Waals surface area contributed by atoms with Crippen LogP contribution in [0, 0.1) is 0 Å². The third-order valence-corrected chi connectivity index (χ3v) is 2.47. The number of aryl methyl sites for hydroxylation is 2. The molecule has 0 radical (unpaired) electrons. The molecule has 0 aromatic carbocycles. The maximum atomic E-state index is 12.2. The van der Waals surface area contributed by atoms with Crippen molar-refractivity contribution in [3.8, 4) is 0 Å². The fraction of sp³-hybridized carbons (Fsp3) is 0.417. The highest BCUT2D eigenvalue weighted by molar-refractivity contribution is 5.94. The van der Waals surface area contributed by atoms with Crippen LogP contribution >= 0.6 is 0 Å². The van der Waals surface area contributed by atoms with Crippen LogP contribution in [0.2, 0.25) is 0 Å². The van der Waals surface area contributed by atoms with Crippen molar-refractivity contribution in [2.45, 2.75) is 13.3 Å². The molecule has 0 saturated heterocycles. The molecule has 0 spiro atoms. The number of carbonyl (C=O) groups is 2. The van der Waals surface area contributed by atoms with E-state index in [1.54, 1.807) is 13.1 Å². The fourth-order valence-corrected chi connectivity index (χ4v) is 1.60. The number of hydrogen-bond donors (Lipinski definition) is 1. The van der Waals surface area contributed by atoms with Crippen molar-refractivity contribution in [3.05, 3.63) is 30.1 Å². The standard InChI is InChI=1S/C12H17N3O3/c1-4-6-15(8-11(16)17)12(18)10-7-9(5-2)13-14(10)3/h4,7H,1,5-6,8H2,2-3H3,(H,16,17). The van der Waals surface area contributed by atoms with Gasteiger partial charge in [0.1, 0.15) is 12.2 Å². The zero-order valence-electron chi connectivity index (χ0n) is 10.6. The van der Waals surface area contributed by atoms with Gasteiger partial charge in [0.2, 0.25) is 0 Å². The summed E-state index contributed by atoms with van der Waals surface area (Å²) in [7, 11) is 1.67. The van der Waals surface area contributed by atoms with Crippen LogP contribution < -0.4 is 0 Å². The maximum Gasteiger partial charge on any atom is 0.323 e. The average Bonchev–Trinajstić information content (AvgIpc) is 2.68. The molecular weight excluding hydrogens is 234 g/mol. The Balaban J connectivity index is 2.96. The molecule has 0 saturated carbocycles. The van der Waals surface area contributed by atoms with Gasteiger partial charge in [-0.15, -0.1) is 6.58 Å². The van der Waals surface area contributed by atoms with Gasteiger partial charge in [-0.2, -0.15) is 5.10 Å². The van der Waals surface area contributed by atoms with Gasteiger partial charge in [-0.3, -0.25) is 14.3 Å². The van der Waals surface area contributed by atoms with Crippen molar-refractivity contribution in [1.82, 2.24) is 14.7 Å². The van der Waals surface area contributed by atoms with E-state index in [1.807, 2.05) is 6.92 Å². The Morgan fingerprint density at radius 3 is 2.72 bits per heavy atom. The number of amides is 1. The van der Waals surface area contributed by atoms with Crippen LogP contribution in [0.15, 0.2) is 18.7 Å². The predicted molar refractivity (Wildman–Crippen MR) is 66.3 cm³/mol. The summed E-state index contributed by atoms with van der Waals surface area (Å²) < 4.78 is 1.47. The van der Waals surface area contributed by atoms with Gasteiger partial charge in [0.15, 0.2) is 0 Å². The first-order chi connectivity index (χ1) is 8.49. The lowest BCUT2D eigenvalue weighted by molar-refractivity contribution is -0.137. The molecule has 1 aromatic heterocycles. The highest BCUT2D eigenvalue weighted by atomic mass is 16.4. The van der Waals surface area contributed by atoms with Crippen LogP contribution in [0.1, 0.15) is 23.1 Å². The molecule has 1 amide bonds. The van der Waals surface area contributed by atoms with Gasteiger partial charge in [0.05, 0.1) is 5.69 Å². The van der Waals surface area contributed by atoms with Crippen molar-refractivity contribution >= 4 is 11.9 Å². The van der Waals surface area contributed by atoms with Crippen LogP contribution in [-0.2, 0) is 18.3 Å². The van der Waals surface area contributed by atoms with E-state index in [0.29, 0.717) is 5.69 Å². The van der Waals surface area contributed by atoms with Crippen LogP contribution in [0.25, 0.3) is 0 Å². The lowest BCUT2D eigenvalue weighted by Crippen LogP contribution is -2.36. The Bertz CT molecular complexity index is 465. The van der Waals surface area contributed by atoms with Crippen molar-refractivity contribution in [2.24, 2.45) is 7.05 Å². The normalized spacial score (nSPS) is 10.1. The van der Waals surface area contributed by atoms with E-state index in [2.05, 4.69) is 11.7 Å². The first-order valence-corrected chi connectivity index (χ1v) is 5.64. The molecule has 0 aliphatic heterocycles. The summed E-state index contributed by atoms with van der Waals surface area (Å²) in [5.41, 5.74) is 1.18. The Hall–Kier alpha value is -2.11. The SMILES string of the molecule is C=CCN(CC(=O)O)C(=O)c1cc(CC)nn1C. The smallest absolute Gasteiger partial charge is 0.323 e. The minimum atomic E-state index is -1.05. The molecule has 1 rings (SSSR count). The highest BCUT2D eigenvalue weighted by Gasteiger charge is 2.20. The molecule has 1 heterocycles. The molecule has 98 valence electrons. The lowest BCUT2D eigenvalue weighted by Gasteiger charge is -2.18. The average molecular weight is 251 g/mol. The number of carbonyl (C=O) groups excluding carboxylic acids is 1. The summed E-state index contributed by atoms with van der Waals surface area (Å²) >= 11 is 0. The summed E-state index contributed by atoms with van der Waals surface area (Å²) in [6.07, 6.45) is 2.22. The first-order valence-electron chi connectivity index (χ1n) is 5.64. The van der Waals surface area contributed by atoms with Gasteiger partial charge in [-0.25, -0.2) is 0 Å². The van der Waals surface area contributed by atoms with E-state index >= 15 is 0 Å². The largest absolute Gasteiger partial charge is 0.480 e. The quantitative estimate of drug-likeness (QED) is 0.755. The molecule has 1 aromatic rings. The van der Waals surface area contributed by atoms with Crippen LogP contribution in [0.3, 0.4) is 0 Å². The van der Waals surface area contributed by atoms with E-state index in [1.165, 1.54) is 15.7 Å². The molecule has 0 aliphatic carbocycles. The molecular formula is C12H17N3O3. The predicted octanol–water partition coefficient (Wildman–Crippen LogP) is 0.695. The Morgan fingerprint density at radius 2 is 2.28 bits per heavy atom. The third-order valence-electron chi connectivity index (χ3n) is 2.47. The lowest BCUT2D eigenvalue weighted by atomic mass is 10.2. The molecule has 6 nitrogen and oxygen atoms in total. The summed E-state index contributed by atoms with van der Waals surface area (Å²) in [5, 5.41) is 12.9. The Kier molecular flexibility index (Phi) is 4.65. The molecule has 0 aliphatic rings. The number of nitrogens with zero attached hydrogens (tertiary/aromatic N) is 3. The molecule has 0 atom stereocenters. The molecule has 0 fully saturated rings. The molecule has 6 heteroatoms. The van der Waals surface area contributed by atoms with Gasteiger partial charge in [-0.1, -0.05) is 13.0 Å². The van der Waals surface area contributed by atoms with Gasteiger partial charge in [-0.05, 0) is 12.5 Å². The maximum absolute atomic E-state index is 12.2. The number of carboxylic acid groups (broad SMARTS) is 1. The molecule has 18 heavy (non-hydrogen) atoms. The second kappa shape index (κ2) is 6.00. The summed E-state index contributed by atoms with van der Waals surface area (Å²) in [4.78, 5) is 24.1. The van der Waals surface area contributed by atoms with Crippen LogP contribution in [-0.4, -0.2) is 44.8 Å². The second-order valence-corrected chi connectivity index (χ2v) is 3.87. The van der Waals surface area contributed by atoms with E-state index in [-0.39, 0.29) is 19.0 Å². The van der Waals surface area contributed by atoms with Crippen molar-refractivity contribution in [1.29, 1.82) is 0 Å². The highest BCUT2D eigenvalue weighted by Crippen LogP contribution is 2.08. The van der Waals surface area contributed by atoms with E-state index in [9.17, 15) is 9.59 Å². The fourth-order valence-electron chi connectivity index (χ4n) is 1.60. The minimum absolute atomic E-state index is 0.192. The third kappa shape index (κ3) is 3.19. The second-order valence-electron chi connectivity index (χ2n) is 3.87. The van der Waals surface area contributed by atoms with Crippen molar-refractivity contribution < 1.29 is 14.7 Å². The Labute approximate surface area is 106 Å². The van der Waals surface area contributed by atoms with Crippen molar-refractivity contribution in [3.63, 3.8) is 0 Å². The zero-order valence-corrected chi connectivity index (χ0v) is 10.6. The molecule has 0 unspecified atom stereocenters. The van der Waals surface area contributed by atoms with E-state index in [0.717, 1.165) is 12.1 Å². The van der Waals surface area contributed by atoms with Gasteiger partial charge in [0.25, 0.3) is 5.91 Å². The zero-order chi connectivity index (χ0) is 13.7. The van der Waals surface area contributed by atoms with Crippen molar-refractivity contribution in [2.75, 3.05) is 13.1 Å². The molecule has 1 N–H and O–H groups in total. The van der Waals surface area contributed by atoms with Gasteiger partial charge in [0, 0.05) is 13.6 Å². The summed E-state index contributed by atoms with van der Waals surface area (Å²) in [5.74, 6) is -1.41. The van der Waals surface area contributed by atoms with Crippen LogP contribution in [0.4, 0.5) is 0 Å². The van der Waals surface area contributed by atoms with Crippen LogP contribution in [0.5, 0.6) is 0 Å². The summed E-state index contributed by atoms with van der Waals surface area (Å²) in [6, 6.07) is 1.68. The first kappa shape index (κ1) is 14.0. The summed E-state index contributed by atoms with van der Waals surface area (Å²) in [6.45, 7) is 5.30. The Morgan fingerprint density at radius 1 is 1.61 bits per heavy atom. The van der Waals surface area contributed by atoms with Gasteiger partial charge >= 0.3 is 5.97 Å². The number of aromatic nitrogens is 2. The van der Waals surface area contributed by atoms with Gasteiger partial charge < -0.3 is 10.0 Å². The number of rotatable bonds is 6. The minimum Gasteiger partial charge on any atom is -0.480 e. The molecule has 0 bridgehead atoms. The topological polar surface area (TPSA) is 75.4 Å². The number of hydrogen-bond acceptors (Lipinski definition) is 3. The number of aliphatic carboxylic acids is 1. The van der Waals surface area contributed by atoms with E-state index in [4.69, 9.17) is 5.11 Å². The monoisotopic (exact) mass is 251 g/mol. The van der Waals surface area contributed by atoms with E-state index < -0.39 is 5.97 Å². The number of carboxylic acids is 1.